The molecule has 4 rings (SSSR count). The topological polar surface area (TPSA) is 73.4 Å². The van der Waals surface area contributed by atoms with Crippen molar-refractivity contribution in [3.05, 3.63) is 35.9 Å². The predicted octanol–water partition coefficient (Wildman–Crippen LogP) is 4.02. The minimum Gasteiger partial charge on any atom is -0.493 e. The molecule has 0 radical (unpaired) electrons. The minimum absolute atomic E-state index is 0.169. The van der Waals surface area contributed by atoms with E-state index in [1.54, 1.807) is 50.1 Å². The number of methoxy groups -OCH3 is 3. The predicted molar refractivity (Wildman–Crippen MR) is 136 cm³/mol. The van der Waals surface area contributed by atoms with Gasteiger partial charge in [0.2, 0.25) is 5.75 Å². The van der Waals surface area contributed by atoms with Crippen LogP contribution in [0, 0.1) is 0 Å². The van der Waals surface area contributed by atoms with Crippen LogP contribution < -0.4 is 19.1 Å². The van der Waals surface area contributed by atoms with E-state index in [2.05, 4.69) is 11.0 Å². The minimum atomic E-state index is -0.169. The second-order valence-electron chi connectivity index (χ2n) is 7.63. The molecule has 1 aliphatic rings. The molecule has 2 aromatic carbocycles. The van der Waals surface area contributed by atoms with E-state index >= 15 is 0 Å². The highest BCUT2D eigenvalue weighted by atomic mass is 32.2. The lowest BCUT2D eigenvalue weighted by Gasteiger charge is -2.29. The second-order valence-corrected chi connectivity index (χ2v) is 9.49. The van der Waals surface area contributed by atoms with Crippen LogP contribution in [0.15, 0.2) is 35.2 Å². The Morgan fingerprint density at radius 1 is 1.15 bits per heavy atom. The highest BCUT2D eigenvalue weighted by molar-refractivity contribution is 7.98. The van der Waals surface area contributed by atoms with Crippen LogP contribution >= 0.6 is 23.1 Å². The lowest BCUT2D eigenvalue weighted by Crippen LogP contribution is -2.43. The molecule has 0 spiro atoms. The number of amides is 1. The van der Waals surface area contributed by atoms with Crippen LogP contribution in [0.1, 0.15) is 10.4 Å². The molecular weight excluding hydrogens is 474 g/mol. The third-order valence-corrected chi connectivity index (χ3v) is 7.53. The number of hydrogen-bond acceptors (Lipinski definition) is 9. The average Bonchev–Trinajstić information content (AvgIpc) is 3.32. The zero-order valence-electron chi connectivity index (χ0n) is 19.8. The Hall–Kier alpha value is -2.53. The number of morpholine rings is 1. The maximum Gasteiger partial charge on any atom is 0.260 e. The van der Waals surface area contributed by atoms with Crippen LogP contribution in [-0.2, 0) is 4.74 Å². The van der Waals surface area contributed by atoms with Gasteiger partial charge in [0.05, 0.1) is 44.8 Å². The quantitative estimate of drug-likeness (QED) is 0.406. The van der Waals surface area contributed by atoms with Gasteiger partial charge >= 0.3 is 0 Å². The van der Waals surface area contributed by atoms with E-state index in [0.29, 0.717) is 47.7 Å². The molecule has 1 aromatic heterocycles. The van der Waals surface area contributed by atoms with E-state index in [1.165, 1.54) is 11.3 Å². The number of carbonyl (C=O) groups excluding carboxylic acids is 1. The third kappa shape index (κ3) is 5.10. The molecule has 0 bridgehead atoms. The van der Waals surface area contributed by atoms with Crippen molar-refractivity contribution in [1.29, 1.82) is 0 Å². The lowest BCUT2D eigenvalue weighted by molar-refractivity contribution is 0.0391. The van der Waals surface area contributed by atoms with Crippen molar-refractivity contribution in [2.45, 2.75) is 4.90 Å². The van der Waals surface area contributed by atoms with Gasteiger partial charge in [-0.15, -0.1) is 11.8 Å². The summed E-state index contributed by atoms with van der Waals surface area (Å²) in [5.41, 5.74) is 1.37. The van der Waals surface area contributed by atoms with Gasteiger partial charge in [0.15, 0.2) is 16.6 Å². The number of hydrogen-bond donors (Lipinski definition) is 0. The summed E-state index contributed by atoms with van der Waals surface area (Å²) in [5.74, 6) is 1.16. The van der Waals surface area contributed by atoms with Crippen molar-refractivity contribution in [2.75, 3.05) is 71.9 Å². The third-order valence-electron chi connectivity index (χ3n) is 5.72. The molecular formula is C24H29N3O5S2. The Bertz CT molecular complexity index is 1120. The number of aromatic nitrogens is 1. The molecule has 0 unspecified atom stereocenters. The number of carbonyl (C=O) groups is 1. The first-order valence-electron chi connectivity index (χ1n) is 10.9. The summed E-state index contributed by atoms with van der Waals surface area (Å²) >= 11 is 3.17. The number of nitrogens with zero attached hydrogens (tertiary/aromatic N) is 3. The zero-order chi connectivity index (χ0) is 24.1. The zero-order valence-corrected chi connectivity index (χ0v) is 21.5. The fraction of sp³-hybridized carbons (Fsp3) is 0.417. The molecule has 3 aromatic rings. The molecule has 0 saturated carbocycles. The van der Waals surface area contributed by atoms with E-state index in [9.17, 15) is 4.79 Å². The van der Waals surface area contributed by atoms with Crippen LogP contribution in [0.4, 0.5) is 5.13 Å². The largest absolute Gasteiger partial charge is 0.493 e. The molecule has 0 atom stereocenters. The van der Waals surface area contributed by atoms with Gasteiger partial charge in [-0.05, 0) is 30.5 Å². The molecule has 2 heterocycles. The Morgan fingerprint density at radius 3 is 2.47 bits per heavy atom. The lowest BCUT2D eigenvalue weighted by atomic mass is 10.1. The Morgan fingerprint density at radius 2 is 1.85 bits per heavy atom. The molecule has 34 heavy (non-hydrogen) atoms. The number of ether oxygens (including phenoxy) is 4. The Kier molecular flexibility index (Phi) is 8.15. The molecule has 1 amide bonds. The first-order chi connectivity index (χ1) is 16.6. The van der Waals surface area contributed by atoms with Gasteiger partial charge < -0.3 is 18.9 Å². The smallest absolute Gasteiger partial charge is 0.260 e. The summed E-state index contributed by atoms with van der Waals surface area (Å²) in [6, 6.07) is 9.49. The van der Waals surface area contributed by atoms with E-state index in [-0.39, 0.29) is 5.91 Å². The van der Waals surface area contributed by atoms with Gasteiger partial charge in [-0.2, -0.15) is 0 Å². The van der Waals surface area contributed by atoms with Crippen molar-refractivity contribution >= 4 is 44.4 Å². The van der Waals surface area contributed by atoms with Crippen LogP contribution in [0.3, 0.4) is 0 Å². The maximum absolute atomic E-state index is 13.9. The van der Waals surface area contributed by atoms with E-state index < -0.39 is 0 Å². The summed E-state index contributed by atoms with van der Waals surface area (Å²) in [5, 5.41) is 0.670. The standard InChI is InChI=1S/C24H29N3O5S2/c1-29-17-14-16(15-18(30-2)22(17)31-3)23(28)27(9-8-26-10-12-32-13-11-26)24-25-21-19(33-4)6-5-7-20(21)34-24/h5-7,14-15H,8-13H2,1-4H3. The summed E-state index contributed by atoms with van der Waals surface area (Å²) in [6.45, 7) is 4.35. The molecule has 8 nitrogen and oxygen atoms in total. The number of para-hydroxylation sites is 1. The monoisotopic (exact) mass is 503 g/mol. The first kappa shape index (κ1) is 24.6. The fourth-order valence-corrected chi connectivity index (χ4v) is 5.55. The van der Waals surface area contributed by atoms with Gasteiger partial charge in [-0.3, -0.25) is 14.6 Å². The molecule has 10 heteroatoms. The summed E-state index contributed by atoms with van der Waals surface area (Å²) in [4.78, 5) is 23.9. The SMILES string of the molecule is COc1cc(C(=O)N(CCN2CCOCC2)c2nc3c(SC)cccc3s2)cc(OC)c1OC. The van der Waals surface area contributed by atoms with Crippen molar-refractivity contribution in [3.8, 4) is 17.2 Å². The van der Waals surface area contributed by atoms with Crippen molar-refractivity contribution in [3.63, 3.8) is 0 Å². The number of anilines is 1. The maximum atomic E-state index is 13.9. The Balaban J connectivity index is 1.72. The van der Waals surface area contributed by atoms with Crippen molar-refractivity contribution in [2.24, 2.45) is 0 Å². The van der Waals surface area contributed by atoms with Gasteiger partial charge in [0.25, 0.3) is 5.91 Å². The molecule has 182 valence electrons. The molecule has 1 saturated heterocycles. The molecule has 1 aliphatic heterocycles. The van der Waals surface area contributed by atoms with Crippen LogP contribution in [0.2, 0.25) is 0 Å². The van der Waals surface area contributed by atoms with E-state index in [0.717, 1.165) is 34.7 Å². The summed E-state index contributed by atoms with van der Waals surface area (Å²) < 4.78 is 22.9. The van der Waals surface area contributed by atoms with E-state index in [4.69, 9.17) is 23.9 Å². The number of thiazole rings is 1. The number of rotatable bonds is 9. The normalized spacial score (nSPS) is 14.2. The van der Waals surface area contributed by atoms with Crippen LogP contribution in [-0.4, -0.2) is 82.8 Å². The van der Waals surface area contributed by atoms with Gasteiger partial charge in [0.1, 0.15) is 0 Å². The van der Waals surface area contributed by atoms with E-state index in [1.807, 2.05) is 18.4 Å². The molecule has 1 fully saturated rings. The second kappa shape index (κ2) is 11.3. The fourth-order valence-electron chi connectivity index (χ4n) is 3.90. The summed E-state index contributed by atoms with van der Waals surface area (Å²) in [6.07, 6.45) is 2.03. The van der Waals surface area contributed by atoms with Gasteiger partial charge in [0, 0.05) is 36.6 Å². The molecule has 0 aliphatic carbocycles. The molecule has 0 N–H and O–H groups in total. The van der Waals surface area contributed by atoms with Crippen molar-refractivity contribution in [1.82, 2.24) is 9.88 Å². The van der Waals surface area contributed by atoms with Crippen LogP contribution in [0.5, 0.6) is 17.2 Å². The average molecular weight is 504 g/mol. The summed E-state index contributed by atoms with van der Waals surface area (Å²) in [7, 11) is 4.62. The highest BCUT2D eigenvalue weighted by Crippen LogP contribution is 2.39. The van der Waals surface area contributed by atoms with Gasteiger partial charge in [-0.25, -0.2) is 4.98 Å². The first-order valence-corrected chi connectivity index (χ1v) is 13.0. The van der Waals surface area contributed by atoms with Crippen LogP contribution in [0.25, 0.3) is 10.2 Å². The number of fused-ring (bicyclic) bond motifs is 1. The highest BCUT2D eigenvalue weighted by Gasteiger charge is 2.26. The van der Waals surface area contributed by atoms with Gasteiger partial charge in [-0.1, -0.05) is 17.4 Å². The van der Waals surface area contributed by atoms with Crippen molar-refractivity contribution < 1.29 is 23.7 Å². The number of thioether (sulfide) groups is 1. The Labute approximate surface area is 207 Å². The number of benzene rings is 2.